The molecule has 0 saturated carbocycles. The minimum atomic E-state index is -0.389. The van der Waals surface area contributed by atoms with Crippen molar-refractivity contribution in [2.24, 2.45) is 0 Å². The van der Waals surface area contributed by atoms with E-state index in [0.29, 0.717) is 5.02 Å². The van der Waals surface area contributed by atoms with Gasteiger partial charge in [-0.2, -0.15) is 0 Å². The third kappa shape index (κ3) is 5.88. The number of halogens is 1. The SMILES string of the molecule is CCc1ccc(C(C)NC(=O)CC(NC(C)=O)c2ccc(Cl)cc2)cc1. The highest BCUT2D eigenvalue weighted by Gasteiger charge is 2.18. The highest BCUT2D eigenvalue weighted by atomic mass is 35.5. The predicted octanol–water partition coefficient (Wildman–Crippen LogP) is 4.35. The Morgan fingerprint density at radius 3 is 2.08 bits per heavy atom. The van der Waals surface area contributed by atoms with E-state index >= 15 is 0 Å². The summed E-state index contributed by atoms with van der Waals surface area (Å²) in [6.45, 7) is 5.51. The molecule has 2 unspecified atom stereocenters. The van der Waals surface area contributed by atoms with E-state index in [2.05, 4.69) is 29.7 Å². The summed E-state index contributed by atoms with van der Waals surface area (Å²) < 4.78 is 0. The van der Waals surface area contributed by atoms with Crippen LogP contribution in [0, 0.1) is 0 Å². The van der Waals surface area contributed by atoms with Gasteiger partial charge in [-0.3, -0.25) is 9.59 Å². The van der Waals surface area contributed by atoms with Gasteiger partial charge in [-0.25, -0.2) is 0 Å². The maximum atomic E-state index is 12.5. The van der Waals surface area contributed by atoms with E-state index in [1.165, 1.54) is 12.5 Å². The summed E-state index contributed by atoms with van der Waals surface area (Å²) in [6, 6.07) is 14.9. The van der Waals surface area contributed by atoms with Crippen LogP contribution in [0.3, 0.4) is 0 Å². The van der Waals surface area contributed by atoms with Crippen molar-refractivity contribution in [3.05, 3.63) is 70.2 Å². The molecular weight excluding hydrogens is 348 g/mol. The molecule has 26 heavy (non-hydrogen) atoms. The number of benzene rings is 2. The second-order valence-corrected chi connectivity index (χ2v) is 6.83. The Bertz CT molecular complexity index is 742. The summed E-state index contributed by atoms with van der Waals surface area (Å²) in [4.78, 5) is 24.0. The lowest BCUT2D eigenvalue weighted by Gasteiger charge is -2.20. The van der Waals surface area contributed by atoms with E-state index in [1.807, 2.05) is 31.2 Å². The number of rotatable bonds is 7. The molecule has 0 spiro atoms. The van der Waals surface area contributed by atoms with Crippen molar-refractivity contribution >= 4 is 23.4 Å². The molecule has 0 bridgehead atoms. The molecule has 2 N–H and O–H groups in total. The average Bonchev–Trinajstić information content (AvgIpc) is 2.61. The van der Waals surface area contributed by atoms with Crippen LogP contribution in [0.1, 0.15) is 56.0 Å². The van der Waals surface area contributed by atoms with Gasteiger partial charge >= 0.3 is 0 Å². The first-order chi connectivity index (χ1) is 12.4. The predicted molar refractivity (Wildman–Crippen MR) is 105 cm³/mol. The highest BCUT2D eigenvalue weighted by molar-refractivity contribution is 6.30. The molecule has 0 aliphatic heterocycles. The molecule has 0 aromatic heterocycles. The Labute approximate surface area is 159 Å². The largest absolute Gasteiger partial charge is 0.350 e. The normalized spacial score (nSPS) is 12.9. The summed E-state index contributed by atoms with van der Waals surface area (Å²) in [7, 11) is 0. The fourth-order valence-electron chi connectivity index (χ4n) is 2.80. The molecule has 4 nitrogen and oxygen atoms in total. The molecule has 0 saturated heterocycles. The lowest BCUT2D eigenvalue weighted by molar-refractivity contribution is -0.123. The molecule has 0 fully saturated rings. The van der Waals surface area contributed by atoms with E-state index in [1.54, 1.807) is 12.1 Å². The van der Waals surface area contributed by atoms with Crippen LogP contribution in [-0.2, 0) is 16.0 Å². The first-order valence-corrected chi connectivity index (χ1v) is 9.17. The number of hydrogen-bond donors (Lipinski definition) is 2. The zero-order valence-corrected chi connectivity index (χ0v) is 16.1. The zero-order chi connectivity index (χ0) is 19.1. The minimum Gasteiger partial charge on any atom is -0.350 e. The molecule has 0 aliphatic rings. The van der Waals surface area contributed by atoms with E-state index in [4.69, 9.17) is 11.6 Å². The van der Waals surface area contributed by atoms with Crippen molar-refractivity contribution in [2.45, 2.75) is 45.7 Å². The van der Waals surface area contributed by atoms with Crippen LogP contribution in [0.15, 0.2) is 48.5 Å². The van der Waals surface area contributed by atoms with Gasteiger partial charge in [-0.05, 0) is 42.2 Å². The molecule has 138 valence electrons. The van der Waals surface area contributed by atoms with Gasteiger partial charge in [0.2, 0.25) is 11.8 Å². The maximum Gasteiger partial charge on any atom is 0.222 e. The monoisotopic (exact) mass is 372 g/mol. The lowest BCUT2D eigenvalue weighted by Crippen LogP contribution is -2.33. The zero-order valence-electron chi connectivity index (χ0n) is 15.4. The smallest absolute Gasteiger partial charge is 0.222 e. The summed E-state index contributed by atoms with van der Waals surface area (Å²) in [5, 5.41) is 6.45. The number of hydrogen-bond acceptors (Lipinski definition) is 2. The first-order valence-electron chi connectivity index (χ1n) is 8.79. The van der Waals surface area contributed by atoms with E-state index in [0.717, 1.165) is 17.5 Å². The lowest BCUT2D eigenvalue weighted by atomic mass is 10.0. The summed E-state index contributed by atoms with van der Waals surface area (Å²) >= 11 is 5.92. The molecule has 2 rings (SSSR count). The molecule has 2 aromatic rings. The number of amides is 2. The average molecular weight is 373 g/mol. The summed E-state index contributed by atoms with van der Waals surface area (Å²) in [5.74, 6) is -0.299. The Morgan fingerprint density at radius 1 is 0.962 bits per heavy atom. The van der Waals surface area contributed by atoms with Gasteiger partial charge in [0.15, 0.2) is 0 Å². The topological polar surface area (TPSA) is 58.2 Å². The van der Waals surface area contributed by atoms with Gasteiger partial charge in [0.25, 0.3) is 0 Å². The van der Waals surface area contributed by atoms with Gasteiger partial charge in [0.1, 0.15) is 0 Å². The Balaban J connectivity index is 2.03. The van der Waals surface area contributed by atoms with Crippen molar-refractivity contribution in [2.75, 3.05) is 0 Å². The fraction of sp³-hybridized carbons (Fsp3) is 0.333. The van der Waals surface area contributed by atoms with Crippen LogP contribution in [-0.4, -0.2) is 11.8 Å². The summed E-state index contributed by atoms with van der Waals surface area (Å²) in [5.41, 5.74) is 3.17. The van der Waals surface area contributed by atoms with E-state index in [9.17, 15) is 9.59 Å². The summed E-state index contributed by atoms with van der Waals surface area (Å²) in [6.07, 6.45) is 1.15. The molecule has 2 atom stereocenters. The second-order valence-electron chi connectivity index (χ2n) is 6.39. The van der Waals surface area contributed by atoms with Gasteiger partial charge in [-0.1, -0.05) is 54.9 Å². The number of nitrogens with one attached hydrogen (secondary N) is 2. The van der Waals surface area contributed by atoms with Gasteiger partial charge < -0.3 is 10.6 Å². The minimum absolute atomic E-state index is 0.100. The van der Waals surface area contributed by atoms with Crippen LogP contribution >= 0.6 is 11.6 Å². The molecule has 0 aliphatic carbocycles. The molecule has 5 heteroatoms. The fourth-order valence-corrected chi connectivity index (χ4v) is 2.93. The van der Waals surface area contributed by atoms with Gasteiger partial charge in [0.05, 0.1) is 18.5 Å². The van der Waals surface area contributed by atoms with E-state index < -0.39 is 0 Å². The quantitative estimate of drug-likeness (QED) is 0.759. The Hall–Kier alpha value is -2.33. The van der Waals surface area contributed by atoms with E-state index in [-0.39, 0.29) is 30.3 Å². The molecule has 2 aromatic carbocycles. The van der Waals surface area contributed by atoms with Crippen molar-refractivity contribution < 1.29 is 9.59 Å². The van der Waals surface area contributed by atoms with Gasteiger partial charge in [0, 0.05) is 11.9 Å². The maximum absolute atomic E-state index is 12.5. The van der Waals surface area contributed by atoms with Crippen molar-refractivity contribution in [1.29, 1.82) is 0 Å². The van der Waals surface area contributed by atoms with Crippen LogP contribution < -0.4 is 10.6 Å². The molecular formula is C21H25ClN2O2. The third-order valence-corrected chi connectivity index (χ3v) is 4.56. The molecule has 0 radical (unpaired) electrons. The number of aryl methyl sites for hydroxylation is 1. The van der Waals surface area contributed by atoms with Crippen molar-refractivity contribution in [3.8, 4) is 0 Å². The molecule has 2 amide bonds. The van der Waals surface area contributed by atoms with Crippen LogP contribution in [0.2, 0.25) is 5.02 Å². The Kier molecular flexibility index (Phi) is 7.22. The number of carbonyl (C=O) groups excluding carboxylic acids is 2. The van der Waals surface area contributed by atoms with Crippen molar-refractivity contribution in [3.63, 3.8) is 0 Å². The first kappa shape index (κ1) is 20.0. The third-order valence-electron chi connectivity index (χ3n) is 4.30. The molecule has 0 heterocycles. The standard InChI is InChI=1S/C21H25ClN2O2/c1-4-16-5-7-17(8-6-16)14(2)23-21(26)13-20(24-15(3)25)18-9-11-19(22)12-10-18/h5-12,14,20H,4,13H2,1-3H3,(H,23,26)(H,24,25). The second kappa shape index (κ2) is 9.39. The number of carbonyl (C=O) groups is 2. The van der Waals surface area contributed by atoms with Gasteiger partial charge in [-0.15, -0.1) is 0 Å². The highest BCUT2D eigenvalue weighted by Crippen LogP contribution is 2.21. The Morgan fingerprint density at radius 2 is 1.54 bits per heavy atom. The van der Waals surface area contributed by atoms with Crippen LogP contribution in [0.4, 0.5) is 0 Å². The van der Waals surface area contributed by atoms with Crippen LogP contribution in [0.5, 0.6) is 0 Å². The van der Waals surface area contributed by atoms with Crippen LogP contribution in [0.25, 0.3) is 0 Å². The van der Waals surface area contributed by atoms with Crippen molar-refractivity contribution in [1.82, 2.24) is 10.6 Å².